The van der Waals surface area contributed by atoms with E-state index in [4.69, 9.17) is 10.00 Å². The lowest BCUT2D eigenvalue weighted by atomic mass is 9.81. The van der Waals surface area contributed by atoms with Gasteiger partial charge >= 0.3 is 0 Å². The molecule has 96 valence electrons. The van der Waals surface area contributed by atoms with Crippen LogP contribution in [0.1, 0.15) is 33.1 Å². The third-order valence-corrected chi connectivity index (χ3v) is 3.75. The van der Waals surface area contributed by atoms with Crippen LogP contribution in [0.2, 0.25) is 0 Å². The van der Waals surface area contributed by atoms with Crippen LogP contribution in [0.15, 0.2) is 29.0 Å². The molecule has 0 amide bonds. The minimum atomic E-state index is 0.299. The van der Waals surface area contributed by atoms with E-state index in [1.54, 1.807) is 6.08 Å². The maximum Gasteiger partial charge on any atom is 0.135 e. The first-order chi connectivity index (χ1) is 8.69. The number of nitrogens with zero attached hydrogens (tertiary/aromatic N) is 2. The zero-order valence-corrected chi connectivity index (χ0v) is 11.1. The van der Waals surface area contributed by atoms with Gasteiger partial charge in [-0.15, -0.1) is 0 Å². The molecule has 0 spiro atoms. The highest BCUT2D eigenvalue weighted by molar-refractivity contribution is 6.07. The zero-order valence-electron chi connectivity index (χ0n) is 11.1. The topological polar surface area (TPSA) is 45.4 Å². The fraction of sp³-hybridized carbons (Fsp3) is 0.600. The second-order valence-electron chi connectivity index (χ2n) is 5.33. The van der Waals surface area contributed by atoms with Crippen LogP contribution in [-0.4, -0.2) is 18.4 Å². The number of allylic oxidation sites excluding steroid dienone is 2. The molecule has 0 bridgehead atoms. The van der Waals surface area contributed by atoms with E-state index in [2.05, 4.69) is 24.9 Å². The van der Waals surface area contributed by atoms with Gasteiger partial charge in [-0.3, -0.25) is 4.99 Å². The maximum atomic E-state index is 8.80. The third kappa shape index (κ3) is 3.22. The lowest BCUT2D eigenvalue weighted by Gasteiger charge is -2.33. The molecule has 0 N–H and O–H groups in total. The maximum absolute atomic E-state index is 8.80. The molecule has 1 aliphatic heterocycles. The van der Waals surface area contributed by atoms with Crippen molar-refractivity contribution in [3.63, 3.8) is 0 Å². The lowest BCUT2D eigenvalue weighted by Crippen LogP contribution is -2.28. The Morgan fingerprint density at radius 2 is 2.17 bits per heavy atom. The molecular formula is C15H20N2O. The van der Waals surface area contributed by atoms with Crippen LogP contribution in [0.5, 0.6) is 0 Å². The van der Waals surface area contributed by atoms with Gasteiger partial charge < -0.3 is 4.74 Å². The van der Waals surface area contributed by atoms with Gasteiger partial charge in [-0.05, 0) is 42.9 Å². The van der Waals surface area contributed by atoms with E-state index in [1.165, 1.54) is 12.8 Å². The van der Waals surface area contributed by atoms with Crippen LogP contribution < -0.4 is 0 Å². The summed E-state index contributed by atoms with van der Waals surface area (Å²) in [5.41, 5.74) is 0.468. The van der Waals surface area contributed by atoms with Crippen molar-refractivity contribution in [2.45, 2.75) is 39.2 Å². The number of hydrogen-bond donors (Lipinski definition) is 0. The summed E-state index contributed by atoms with van der Waals surface area (Å²) in [7, 11) is 0. The molecule has 1 saturated carbocycles. The predicted octanol–water partition coefficient (Wildman–Crippen LogP) is 3.25. The van der Waals surface area contributed by atoms with Gasteiger partial charge in [0.2, 0.25) is 0 Å². The summed E-state index contributed by atoms with van der Waals surface area (Å²) >= 11 is 0. The molecule has 0 saturated heterocycles. The summed E-state index contributed by atoms with van der Waals surface area (Å²) in [5.74, 6) is 2.21. The average Bonchev–Trinajstić information content (AvgIpc) is 2.59. The van der Waals surface area contributed by atoms with Crippen LogP contribution in [0, 0.1) is 23.2 Å². The first-order valence-corrected chi connectivity index (χ1v) is 6.68. The van der Waals surface area contributed by atoms with Crippen LogP contribution in [-0.2, 0) is 4.74 Å². The Bertz CT molecular complexity index is 428. The average molecular weight is 244 g/mol. The van der Waals surface area contributed by atoms with E-state index in [-0.39, 0.29) is 0 Å². The Balaban J connectivity index is 1.98. The number of hydrogen-bond acceptors (Lipinski definition) is 3. The van der Waals surface area contributed by atoms with Gasteiger partial charge in [0.25, 0.3) is 0 Å². The van der Waals surface area contributed by atoms with Crippen molar-refractivity contribution in [3.8, 4) is 6.07 Å². The molecule has 0 radical (unpaired) electrons. The smallest absolute Gasteiger partial charge is 0.135 e. The molecule has 1 unspecified atom stereocenters. The van der Waals surface area contributed by atoms with Gasteiger partial charge in [0.15, 0.2) is 0 Å². The molecule has 18 heavy (non-hydrogen) atoms. The minimum Gasteiger partial charge on any atom is -0.490 e. The summed E-state index contributed by atoms with van der Waals surface area (Å²) in [6.07, 6.45) is 9.51. The van der Waals surface area contributed by atoms with Crippen molar-refractivity contribution in [1.29, 1.82) is 5.26 Å². The van der Waals surface area contributed by atoms with E-state index in [0.29, 0.717) is 24.3 Å². The van der Waals surface area contributed by atoms with Gasteiger partial charge in [0, 0.05) is 0 Å². The zero-order chi connectivity index (χ0) is 13.0. The van der Waals surface area contributed by atoms with Gasteiger partial charge in [0.1, 0.15) is 23.6 Å². The van der Waals surface area contributed by atoms with Crippen molar-refractivity contribution in [2.24, 2.45) is 16.8 Å². The summed E-state index contributed by atoms with van der Waals surface area (Å²) in [4.78, 5) is 4.13. The Morgan fingerprint density at radius 1 is 1.33 bits per heavy atom. The predicted molar refractivity (Wildman–Crippen MR) is 72.2 cm³/mol. The first-order valence-electron chi connectivity index (χ1n) is 6.68. The van der Waals surface area contributed by atoms with E-state index < -0.39 is 0 Å². The van der Waals surface area contributed by atoms with Gasteiger partial charge in [0.05, 0.1) is 6.54 Å². The van der Waals surface area contributed by atoms with E-state index in [0.717, 1.165) is 18.1 Å². The quantitative estimate of drug-likeness (QED) is 0.748. The number of nitriles is 1. The number of aliphatic imine (C=N–C) groups is 1. The van der Waals surface area contributed by atoms with Crippen molar-refractivity contribution >= 4 is 5.71 Å². The first kappa shape index (κ1) is 12.9. The van der Waals surface area contributed by atoms with E-state index in [1.807, 2.05) is 12.2 Å². The van der Waals surface area contributed by atoms with E-state index in [9.17, 15) is 0 Å². The van der Waals surface area contributed by atoms with Gasteiger partial charge in [-0.1, -0.05) is 20.3 Å². The summed E-state index contributed by atoms with van der Waals surface area (Å²) in [6.45, 7) is 5.08. The summed E-state index contributed by atoms with van der Waals surface area (Å²) in [5, 5.41) is 8.80. The van der Waals surface area contributed by atoms with Crippen molar-refractivity contribution in [1.82, 2.24) is 0 Å². The largest absolute Gasteiger partial charge is 0.490 e. The fourth-order valence-electron chi connectivity index (χ4n) is 2.49. The monoisotopic (exact) mass is 244 g/mol. The van der Waals surface area contributed by atoms with Crippen LogP contribution in [0.3, 0.4) is 0 Å². The van der Waals surface area contributed by atoms with Crippen LogP contribution in [0.4, 0.5) is 0 Å². The Morgan fingerprint density at radius 3 is 2.94 bits per heavy atom. The fourth-order valence-corrected chi connectivity index (χ4v) is 2.49. The van der Waals surface area contributed by atoms with Crippen LogP contribution >= 0.6 is 0 Å². The molecule has 1 heterocycles. The molecule has 3 heteroatoms. The molecule has 3 atom stereocenters. The second-order valence-corrected chi connectivity index (χ2v) is 5.33. The molecule has 0 aromatic rings. The molecule has 0 aromatic carbocycles. The van der Waals surface area contributed by atoms with E-state index >= 15 is 0 Å². The molecule has 1 aliphatic carbocycles. The Labute approximate surface area is 109 Å². The standard InChI is InChI=1S/C15H20N2O/c1-11-3-4-12(2)15(9-11)18-14-6-5-13(10-16)17-8-7-14/h5-7,11-12,15H,3-4,8-9H2,1-2H3/t11-,12+,15?/m1/s1. The number of ether oxygens (including phenoxy) is 1. The third-order valence-electron chi connectivity index (χ3n) is 3.75. The molecule has 3 nitrogen and oxygen atoms in total. The van der Waals surface area contributed by atoms with Crippen LogP contribution in [0.25, 0.3) is 0 Å². The summed E-state index contributed by atoms with van der Waals surface area (Å²) < 4.78 is 6.08. The SMILES string of the molecule is C[C@@H]1CC[C@H](C)C(OC2=CCN=C(C#N)C=C2)C1. The molecule has 2 rings (SSSR count). The van der Waals surface area contributed by atoms with Gasteiger partial charge in [-0.25, -0.2) is 0 Å². The normalized spacial score (nSPS) is 31.9. The second kappa shape index (κ2) is 5.86. The minimum absolute atomic E-state index is 0.299. The Kier molecular flexibility index (Phi) is 4.19. The highest BCUT2D eigenvalue weighted by Gasteiger charge is 2.27. The summed E-state index contributed by atoms with van der Waals surface area (Å²) in [6, 6.07) is 2.06. The molecule has 2 aliphatic rings. The van der Waals surface area contributed by atoms with Crippen molar-refractivity contribution < 1.29 is 4.74 Å². The lowest BCUT2D eigenvalue weighted by molar-refractivity contribution is 0.0297. The highest BCUT2D eigenvalue weighted by atomic mass is 16.5. The van der Waals surface area contributed by atoms with Crippen molar-refractivity contribution in [3.05, 3.63) is 24.0 Å². The Hall–Kier alpha value is -1.56. The molecule has 0 aromatic heterocycles. The van der Waals surface area contributed by atoms with Crippen molar-refractivity contribution in [2.75, 3.05) is 6.54 Å². The molecular weight excluding hydrogens is 224 g/mol. The molecule has 1 fully saturated rings. The number of rotatable bonds is 2. The highest BCUT2D eigenvalue weighted by Crippen LogP contribution is 2.32. The van der Waals surface area contributed by atoms with Gasteiger partial charge in [-0.2, -0.15) is 5.26 Å².